The number of non-ortho nitro benzene ring substituents is 2. The van der Waals surface area contributed by atoms with Crippen LogP contribution in [-0.2, 0) is 16.2 Å². The standard InChI is InChI=1S/C23H18N4O6/c1-3-25-21-10-6-16(12-19(21)20-13-18(27(31)32)9-11-22(20)25)23(24-33-14(2)28)15-4-7-17(8-5-15)26(29)30/h4-13H,3H2,1-2H3. The van der Waals surface area contributed by atoms with Gasteiger partial charge in [0.1, 0.15) is 5.71 Å². The molecule has 3 aromatic carbocycles. The first-order valence-corrected chi connectivity index (χ1v) is 10.0. The number of oxime groups is 1. The van der Waals surface area contributed by atoms with E-state index in [0.717, 1.165) is 16.4 Å². The van der Waals surface area contributed by atoms with Crippen LogP contribution < -0.4 is 0 Å². The van der Waals surface area contributed by atoms with Crippen molar-refractivity contribution in [2.45, 2.75) is 20.4 Å². The summed E-state index contributed by atoms with van der Waals surface area (Å²) in [5.74, 6) is -0.617. The number of fused-ring (bicyclic) bond motifs is 3. The van der Waals surface area contributed by atoms with E-state index in [1.54, 1.807) is 12.1 Å². The molecule has 0 amide bonds. The number of aromatic nitrogens is 1. The van der Waals surface area contributed by atoms with Gasteiger partial charge in [-0.25, -0.2) is 4.79 Å². The summed E-state index contributed by atoms with van der Waals surface area (Å²) in [7, 11) is 0. The Balaban J connectivity index is 1.94. The van der Waals surface area contributed by atoms with E-state index in [2.05, 4.69) is 5.16 Å². The summed E-state index contributed by atoms with van der Waals surface area (Å²) < 4.78 is 2.05. The number of aryl methyl sites for hydroxylation is 1. The molecule has 0 unspecified atom stereocenters. The fourth-order valence-electron chi connectivity index (χ4n) is 3.82. The molecule has 0 atom stereocenters. The highest BCUT2D eigenvalue weighted by atomic mass is 16.7. The second kappa shape index (κ2) is 8.50. The van der Waals surface area contributed by atoms with Gasteiger partial charge >= 0.3 is 5.97 Å². The monoisotopic (exact) mass is 446 g/mol. The Hall–Kier alpha value is -4.60. The quantitative estimate of drug-likeness (QED) is 0.178. The summed E-state index contributed by atoms with van der Waals surface area (Å²) in [6.45, 7) is 3.86. The van der Waals surface area contributed by atoms with Gasteiger partial charge in [-0.05, 0) is 37.3 Å². The summed E-state index contributed by atoms with van der Waals surface area (Å²) in [5.41, 5.74) is 3.01. The zero-order valence-corrected chi connectivity index (χ0v) is 17.7. The van der Waals surface area contributed by atoms with Crippen molar-refractivity contribution in [2.75, 3.05) is 0 Å². The van der Waals surface area contributed by atoms with Crippen molar-refractivity contribution in [1.29, 1.82) is 0 Å². The lowest BCUT2D eigenvalue weighted by molar-refractivity contribution is -0.385. The van der Waals surface area contributed by atoms with Crippen LogP contribution in [0.3, 0.4) is 0 Å². The predicted octanol–water partition coefficient (Wildman–Crippen LogP) is 4.95. The smallest absolute Gasteiger partial charge is 0.332 e. The van der Waals surface area contributed by atoms with Crippen molar-refractivity contribution >= 4 is 44.9 Å². The minimum Gasteiger partial charge on any atom is -0.341 e. The van der Waals surface area contributed by atoms with Crippen molar-refractivity contribution in [3.8, 4) is 0 Å². The number of carbonyl (C=O) groups excluding carboxylic acids is 1. The Morgan fingerprint density at radius 2 is 1.42 bits per heavy atom. The van der Waals surface area contributed by atoms with Crippen LogP contribution in [0.1, 0.15) is 25.0 Å². The first kappa shape index (κ1) is 21.6. The fourth-order valence-corrected chi connectivity index (χ4v) is 3.82. The highest BCUT2D eigenvalue weighted by Crippen LogP contribution is 2.33. The molecule has 0 aliphatic heterocycles. The van der Waals surface area contributed by atoms with Crippen molar-refractivity contribution in [2.24, 2.45) is 5.16 Å². The van der Waals surface area contributed by atoms with Crippen LogP contribution >= 0.6 is 0 Å². The van der Waals surface area contributed by atoms with E-state index in [0.29, 0.717) is 28.8 Å². The summed E-state index contributed by atoms with van der Waals surface area (Å²) in [6, 6.07) is 15.9. The highest BCUT2D eigenvalue weighted by Gasteiger charge is 2.17. The molecule has 0 N–H and O–H groups in total. The van der Waals surface area contributed by atoms with E-state index < -0.39 is 15.8 Å². The number of carbonyl (C=O) groups is 1. The second-order valence-electron chi connectivity index (χ2n) is 7.26. The average molecular weight is 446 g/mol. The molecule has 4 aromatic rings. The SMILES string of the molecule is CCn1c2ccc(C(=NOC(C)=O)c3ccc([N+](=O)[O-])cc3)cc2c2cc([N+](=O)[O-])ccc21. The van der Waals surface area contributed by atoms with Crippen molar-refractivity contribution < 1.29 is 19.5 Å². The maximum atomic E-state index is 11.4. The van der Waals surface area contributed by atoms with Gasteiger partial charge in [-0.15, -0.1) is 0 Å². The molecule has 0 aliphatic carbocycles. The minimum absolute atomic E-state index is 0.0211. The van der Waals surface area contributed by atoms with E-state index in [1.165, 1.54) is 43.3 Å². The molecule has 0 fully saturated rings. The van der Waals surface area contributed by atoms with Crippen LogP contribution in [0.4, 0.5) is 11.4 Å². The number of benzene rings is 3. The van der Waals surface area contributed by atoms with E-state index in [9.17, 15) is 25.0 Å². The molecule has 1 aromatic heterocycles. The van der Waals surface area contributed by atoms with Gasteiger partial charge in [0.15, 0.2) is 0 Å². The third kappa shape index (κ3) is 4.01. The molecule has 33 heavy (non-hydrogen) atoms. The van der Waals surface area contributed by atoms with Gasteiger partial charge in [-0.2, -0.15) is 0 Å². The van der Waals surface area contributed by atoms with Crippen molar-refractivity contribution in [3.63, 3.8) is 0 Å². The molecule has 0 saturated carbocycles. The van der Waals surface area contributed by atoms with Crippen LogP contribution in [0.5, 0.6) is 0 Å². The molecular weight excluding hydrogens is 428 g/mol. The van der Waals surface area contributed by atoms with Gasteiger partial charge in [-0.3, -0.25) is 20.2 Å². The lowest BCUT2D eigenvalue weighted by atomic mass is 10.00. The Kier molecular flexibility index (Phi) is 5.57. The van der Waals surface area contributed by atoms with Gasteiger partial charge in [-0.1, -0.05) is 11.2 Å². The number of hydrogen-bond acceptors (Lipinski definition) is 7. The van der Waals surface area contributed by atoms with Gasteiger partial charge in [0, 0.05) is 70.7 Å². The fraction of sp³-hybridized carbons (Fsp3) is 0.130. The topological polar surface area (TPSA) is 130 Å². The largest absolute Gasteiger partial charge is 0.341 e. The molecular formula is C23H18N4O6. The summed E-state index contributed by atoms with van der Waals surface area (Å²) in [4.78, 5) is 37.7. The number of rotatable bonds is 6. The number of nitro benzene ring substituents is 2. The van der Waals surface area contributed by atoms with Crippen LogP contribution in [-0.4, -0.2) is 26.1 Å². The summed E-state index contributed by atoms with van der Waals surface area (Å²) >= 11 is 0. The highest BCUT2D eigenvalue weighted by molar-refractivity contribution is 6.17. The van der Waals surface area contributed by atoms with Crippen molar-refractivity contribution in [1.82, 2.24) is 4.57 Å². The molecule has 10 heteroatoms. The molecule has 166 valence electrons. The Labute approximate surface area is 187 Å². The van der Waals surface area contributed by atoms with Crippen molar-refractivity contribution in [3.05, 3.63) is 92.0 Å². The molecule has 0 saturated heterocycles. The molecule has 0 radical (unpaired) electrons. The second-order valence-corrected chi connectivity index (χ2v) is 7.26. The Bertz CT molecular complexity index is 1450. The van der Waals surface area contributed by atoms with Gasteiger partial charge < -0.3 is 9.40 Å². The Morgan fingerprint density at radius 1 is 0.879 bits per heavy atom. The molecule has 0 bridgehead atoms. The summed E-state index contributed by atoms with van der Waals surface area (Å²) in [5, 5.41) is 27.8. The van der Waals surface area contributed by atoms with E-state index in [4.69, 9.17) is 4.84 Å². The Morgan fingerprint density at radius 3 is 2.00 bits per heavy atom. The van der Waals surface area contributed by atoms with E-state index in [-0.39, 0.29) is 11.4 Å². The number of hydrogen-bond donors (Lipinski definition) is 0. The third-order valence-corrected chi connectivity index (χ3v) is 5.27. The maximum Gasteiger partial charge on any atom is 0.332 e. The first-order chi connectivity index (χ1) is 15.8. The average Bonchev–Trinajstić information content (AvgIpc) is 3.11. The zero-order chi connectivity index (χ0) is 23.7. The van der Waals surface area contributed by atoms with Gasteiger partial charge in [0.2, 0.25) is 0 Å². The lowest BCUT2D eigenvalue weighted by Crippen LogP contribution is -2.06. The molecule has 10 nitrogen and oxygen atoms in total. The molecule has 1 heterocycles. The molecule has 0 spiro atoms. The number of nitrogens with zero attached hydrogens (tertiary/aromatic N) is 4. The van der Waals surface area contributed by atoms with Crippen LogP contribution in [0.25, 0.3) is 21.8 Å². The van der Waals surface area contributed by atoms with Crippen LogP contribution in [0.2, 0.25) is 0 Å². The first-order valence-electron chi connectivity index (χ1n) is 10.0. The van der Waals surface area contributed by atoms with E-state index in [1.807, 2.05) is 23.6 Å². The van der Waals surface area contributed by atoms with Gasteiger partial charge in [0.05, 0.1) is 9.85 Å². The van der Waals surface area contributed by atoms with Gasteiger partial charge in [0.25, 0.3) is 11.4 Å². The summed E-state index contributed by atoms with van der Waals surface area (Å²) in [6.07, 6.45) is 0. The molecule has 0 aliphatic rings. The predicted molar refractivity (Wildman–Crippen MR) is 122 cm³/mol. The van der Waals surface area contributed by atoms with Crippen LogP contribution in [0.15, 0.2) is 65.8 Å². The van der Waals surface area contributed by atoms with E-state index >= 15 is 0 Å². The number of nitro groups is 2. The minimum atomic E-state index is -0.617. The van der Waals surface area contributed by atoms with Crippen LogP contribution in [0, 0.1) is 20.2 Å². The zero-order valence-electron chi connectivity index (χ0n) is 17.7. The molecule has 4 rings (SSSR count). The maximum absolute atomic E-state index is 11.4. The lowest BCUT2D eigenvalue weighted by Gasteiger charge is -2.08. The normalized spacial score (nSPS) is 11.6. The third-order valence-electron chi connectivity index (χ3n) is 5.27.